The summed E-state index contributed by atoms with van der Waals surface area (Å²) in [6, 6.07) is 4.90. The number of hydrogen-bond donors (Lipinski definition) is 2. The Balaban J connectivity index is 1.48. The minimum absolute atomic E-state index is 0.00987. The van der Waals surface area contributed by atoms with Crippen molar-refractivity contribution in [1.82, 2.24) is 14.9 Å². The van der Waals surface area contributed by atoms with E-state index in [2.05, 4.69) is 32.0 Å². The molecule has 8 nitrogen and oxygen atoms in total. The van der Waals surface area contributed by atoms with Crippen LogP contribution in [0.2, 0.25) is 0 Å². The molecule has 0 aliphatic carbocycles. The third-order valence-electron chi connectivity index (χ3n) is 4.58. The van der Waals surface area contributed by atoms with Crippen molar-refractivity contribution in [1.29, 1.82) is 0 Å². The van der Waals surface area contributed by atoms with Crippen molar-refractivity contribution in [3.05, 3.63) is 29.8 Å². The number of thiophene rings is 1. The number of anilines is 2. The first kappa shape index (κ1) is 19.2. The van der Waals surface area contributed by atoms with Crippen LogP contribution in [-0.2, 0) is 14.8 Å². The molecule has 1 aliphatic rings. The number of nitrogens with zero attached hydrogens (tertiary/aromatic N) is 3. The molecule has 0 aromatic carbocycles. The van der Waals surface area contributed by atoms with E-state index in [1.54, 1.807) is 23.6 Å². The molecule has 0 radical (unpaired) electrons. The van der Waals surface area contributed by atoms with Crippen LogP contribution in [0.5, 0.6) is 0 Å². The van der Waals surface area contributed by atoms with Gasteiger partial charge in [0.2, 0.25) is 5.91 Å². The molecule has 4 heterocycles. The largest absolute Gasteiger partial charge is 0.306 e. The summed E-state index contributed by atoms with van der Waals surface area (Å²) in [6.45, 7) is 1.82. The maximum Gasteiger partial charge on any atom is 0.271 e. The Hall–Kier alpha value is -2.08. The van der Waals surface area contributed by atoms with Gasteiger partial charge in [-0.25, -0.2) is 13.4 Å². The Kier molecular flexibility index (Phi) is 5.32. The predicted molar refractivity (Wildman–Crippen MR) is 111 cm³/mol. The molecule has 4 rings (SSSR count). The van der Waals surface area contributed by atoms with E-state index in [1.807, 2.05) is 0 Å². The number of pyridine rings is 1. The van der Waals surface area contributed by atoms with Gasteiger partial charge in [-0.15, -0.1) is 11.3 Å². The zero-order chi connectivity index (χ0) is 19.7. The number of hydrogen-bond acceptors (Lipinski definition) is 8. The summed E-state index contributed by atoms with van der Waals surface area (Å²) in [6.07, 6.45) is 3.09. The summed E-state index contributed by atoms with van der Waals surface area (Å²) in [5, 5.41) is 5.06. The van der Waals surface area contributed by atoms with Gasteiger partial charge in [0.05, 0.1) is 16.6 Å². The fourth-order valence-electron chi connectivity index (χ4n) is 3.03. The van der Waals surface area contributed by atoms with Crippen LogP contribution < -0.4 is 10.0 Å². The molecule has 0 unspecified atom stereocenters. The molecular weight excluding hydrogens is 418 g/mol. The van der Waals surface area contributed by atoms with Gasteiger partial charge < -0.3 is 10.2 Å². The Labute approximate surface area is 170 Å². The van der Waals surface area contributed by atoms with E-state index in [0.717, 1.165) is 37.3 Å². The fourth-order valence-corrected chi connectivity index (χ4v) is 5.92. The number of carbonyl (C=O) groups is 1. The highest BCUT2D eigenvalue weighted by atomic mass is 32.2. The van der Waals surface area contributed by atoms with E-state index in [1.165, 1.54) is 17.5 Å². The van der Waals surface area contributed by atoms with Gasteiger partial charge in [0.25, 0.3) is 10.0 Å². The van der Waals surface area contributed by atoms with Gasteiger partial charge in [-0.3, -0.25) is 9.52 Å². The van der Waals surface area contributed by atoms with Crippen molar-refractivity contribution in [3.8, 4) is 0 Å². The van der Waals surface area contributed by atoms with Crippen molar-refractivity contribution in [2.75, 3.05) is 30.2 Å². The smallest absolute Gasteiger partial charge is 0.271 e. The van der Waals surface area contributed by atoms with E-state index in [9.17, 15) is 13.2 Å². The Morgan fingerprint density at radius 1 is 1.32 bits per heavy atom. The first-order valence-electron chi connectivity index (χ1n) is 8.73. The first-order valence-corrected chi connectivity index (χ1v) is 11.9. The van der Waals surface area contributed by atoms with Crippen molar-refractivity contribution >= 4 is 59.8 Å². The number of piperidine rings is 1. The van der Waals surface area contributed by atoms with Crippen molar-refractivity contribution in [3.63, 3.8) is 0 Å². The zero-order valence-corrected chi connectivity index (χ0v) is 17.5. The normalized spacial score (nSPS) is 16.3. The predicted octanol–water partition coefficient (Wildman–Crippen LogP) is 2.83. The molecular formula is C17H19N5O3S3. The van der Waals surface area contributed by atoms with E-state index >= 15 is 0 Å². The molecule has 11 heteroatoms. The molecule has 0 atom stereocenters. The molecule has 3 aromatic heterocycles. The lowest BCUT2D eigenvalue weighted by Gasteiger charge is -2.27. The van der Waals surface area contributed by atoms with Crippen LogP contribution in [0.1, 0.15) is 12.8 Å². The third-order valence-corrected chi connectivity index (χ3v) is 8.26. The number of amides is 1. The topological polar surface area (TPSA) is 104 Å². The minimum atomic E-state index is -3.63. The Morgan fingerprint density at radius 2 is 2.11 bits per heavy atom. The van der Waals surface area contributed by atoms with Gasteiger partial charge in [-0.05, 0) is 50.5 Å². The van der Waals surface area contributed by atoms with Crippen LogP contribution in [0.25, 0.3) is 10.3 Å². The second-order valence-corrected chi connectivity index (χ2v) is 10.6. The molecule has 3 aromatic rings. The average Bonchev–Trinajstić information content (AvgIpc) is 3.31. The first-order chi connectivity index (χ1) is 13.4. The van der Waals surface area contributed by atoms with Crippen LogP contribution in [0.4, 0.5) is 10.8 Å². The Bertz CT molecular complexity index is 1090. The summed E-state index contributed by atoms with van der Waals surface area (Å²) in [4.78, 5) is 23.2. The molecule has 0 spiro atoms. The second kappa shape index (κ2) is 7.74. The van der Waals surface area contributed by atoms with Gasteiger partial charge in [-0.2, -0.15) is 4.98 Å². The van der Waals surface area contributed by atoms with Crippen LogP contribution >= 0.6 is 22.7 Å². The molecule has 2 N–H and O–H groups in total. The van der Waals surface area contributed by atoms with Gasteiger partial charge in [0.1, 0.15) is 4.21 Å². The summed E-state index contributed by atoms with van der Waals surface area (Å²) in [5.41, 5.74) is 0.834. The molecule has 1 amide bonds. The summed E-state index contributed by atoms with van der Waals surface area (Å²) in [7, 11) is -1.58. The van der Waals surface area contributed by atoms with E-state index in [-0.39, 0.29) is 16.0 Å². The maximum absolute atomic E-state index is 12.5. The SMILES string of the molecule is CN1CCC(C(=O)Nc2nc3ncc(NS(=O)(=O)c4cccs4)cc3s2)CC1. The number of rotatable bonds is 5. The van der Waals surface area contributed by atoms with Crippen LogP contribution in [-0.4, -0.2) is 49.3 Å². The average molecular weight is 438 g/mol. The van der Waals surface area contributed by atoms with Gasteiger partial charge >= 0.3 is 0 Å². The number of aromatic nitrogens is 2. The molecule has 1 saturated heterocycles. The fraction of sp³-hybridized carbons (Fsp3) is 0.353. The maximum atomic E-state index is 12.5. The zero-order valence-electron chi connectivity index (χ0n) is 15.1. The van der Waals surface area contributed by atoms with Crippen LogP contribution in [0, 0.1) is 5.92 Å². The molecule has 0 saturated carbocycles. The standard InChI is InChI=1S/C17H19N5O3S3/c1-22-6-4-11(5-7-22)16(23)20-17-19-15-13(27-17)9-12(10-18-15)21-28(24,25)14-3-2-8-26-14/h2-3,8-11,21H,4-7H2,1H3,(H,18,19,20,23). The highest BCUT2D eigenvalue weighted by Gasteiger charge is 2.24. The van der Waals surface area contributed by atoms with Gasteiger partial charge in [0.15, 0.2) is 10.8 Å². The van der Waals surface area contributed by atoms with E-state index in [4.69, 9.17) is 0 Å². The van der Waals surface area contributed by atoms with Crippen molar-refractivity contribution in [2.45, 2.75) is 17.1 Å². The number of sulfonamides is 1. The van der Waals surface area contributed by atoms with Gasteiger partial charge in [-0.1, -0.05) is 17.4 Å². The number of likely N-dealkylation sites (tertiary alicyclic amines) is 1. The lowest BCUT2D eigenvalue weighted by atomic mass is 9.96. The minimum Gasteiger partial charge on any atom is -0.306 e. The summed E-state index contributed by atoms with van der Waals surface area (Å²) in [5.74, 6) is -0.0323. The highest BCUT2D eigenvalue weighted by Crippen LogP contribution is 2.29. The highest BCUT2D eigenvalue weighted by molar-refractivity contribution is 7.94. The van der Waals surface area contributed by atoms with Crippen LogP contribution in [0.15, 0.2) is 34.0 Å². The number of carbonyl (C=O) groups excluding carboxylic acids is 1. The summed E-state index contributed by atoms with van der Waals surface area (Å²) >= 11 is 2.43. The quantitative estimate of drug-likeness (QED) is 0.636. The molecule has 1 fully saturated rings. The van der Waals surface area contributed by atoms with E-state index < -0.39 is 10.0 Å². The molecule has 28 heavy (non-hydrogen) atoms. The lowest BCUT2D eigenvalue weighted by molar-refractivity contribution is -0.121. The number of nitrogens with one attached hydrogen (secondary N) is 2. The van der Waals surface area contributed by atoms with Crippen LogP contribution in [0.3, 0.4) is 0 Å². The van der Waals surface area contributed by atoms with Gasteiger partial charge in [0, 0.05) is 5.92 Å². The van der Waals surface area contributed by atoms with E-state index in [0.29, 0.717) is 21.2 Å². The monoisotopic (exact) mass is 437 g/mol. The molecule has 148 valence electrons. The van der Waals surface area contributed by atoms with Crippen molar-refractivity contribution in [2.24, 2.45) is 5.92 Å². The Morgan fingerprint density at radius 3 is 2.82 bits per heavy atom. The number of fused-ring (bicyclic) bond motifs is 1. The second-order valence-electron chi connectivity index (χ2n) is 6.67. The molecule has 1 aliphatic heterocycles. The summed E-state index contributed by atoms with van der Waals surface area (Å²) < 4.78 is 28.2. The third kappa shape index (κ3) is 4.17. The van der Waals surface area contributed by atoms with Crippen molar-refractivity contribution < 1.29 is 13.2 Å². The lowest BCUT2D eigenvalue weighted by Crippen LogP contribution is -2.35. The molecule has 0 bridgehead atoms. The number of thiazole rings is 1.